The molecule has 1 aromatic rings. The summed E-state index contributed by atoms with van der Waals surface area (Å²) in [6, 6.07) is 7.63. The third-order valence-electron chi connectivity index (χ3n) is 3.62. The summed E-state index contributed by atoms with van der Waals surface area (Å²) in [7, 11) is 0. The van der Waals surface area contributed by atoms with Gasteiger partial charge in [-0.2, -0.15) is 0 Å². The fourth-order valence-electron chi connectivity index (χ4n) is 2.42. The van der Waals surface area contributed by atoms with Crippen LogP contribution in [0.5, 0.6) is 5.75 Å². The van der Waals surface area contributed by atoms with Gasteiger partial charge in [0.1, 0.15) is 5.75 Å². The number of amides is 1. The Hall–Kier alpha value is -1.59. The lowest BCUT2D eigenvalue weighted by Gasteiger charge is -2.37. The monoisotopic (exact) mass is 293 g/mol. The van der Waals surface area contributed by atoms with E-state index in [-0.39, 0.29) is 24.7 Å². The zero-order chi connectivity index (χ0) is 15.2. The summed E-state index contributed by atoms with van der Waals surface area (Å²) in [5, 5.41) is 9.17. The molecule has 1 saturated heterocycles. The van der Waals surface area contributed by atoms with Gasteiger partial charge >= 0.3 is 0 Å². The predicted octanol–water partition coefficient (Wildman–Crippen LogP) is 1.24. The lowest BCUT2D eigenvalue weighted by molar-refractivity contribution is -0.145. The standard InChI is InChI=1S/C16H23NO4/c1-3-20-14-6-4-13(5-7-14)8-16(19)17-9-15(10-18)21-11-12(17)2/h4-7,12,15,18H,3,8-11H2,1-2H3. The first-order valence-electron chi connectivity index (χ1n) is 7.37. The molecule has 1 N–H and O–H groups in total. The summed E-state index contributed by atoms with van der Waals surface area (Å²) >= 11 is 0. The Balaban J connectivity index is 1.96. The Morgan fingerprint density at radius 2 is 2.14 bits per heavy atom. The van der Waals surface area contributed by atoms with Gasteiger partial charge in [-0.1, -0.05) is 12.1 Å². The van der Waals surface area contributed by atoms with Crippen LogP contribution >= 0.6 is 0 Å². The van der Waals surface area contributed by atoms with E-state index in [0.29, 0.717) is 26.2 Å². The van der Waals surface area contributed by atoms with Gasteiger partial charge < -0.3 is 19.5 Å². The van der Waals surface area contributed by atoms with Crippen LogP contribution in [-0.2, 0) is 16.0 Å². The number of nitrogens with zero attached hydrogens (tertiary/aromatic N) is 1. The number of carbonyl (C=O) groups excluding carboxylic acids is 1. The van der Waals surface area contributed by atoms with E-state index in [1.54, 1.807) is 4.90 Å². The maximum Gasteiger partial charge on any atom is 0.227 e. The third kappa shape index (κ3) is 4.19. The molecule has 21 heavy (non-hydrogen) atoms. The Labute approximate surface area is 125 Å². The molecule has 0 bridgehead atoms. The van der Waals surface area contributed by atoms with Crippen molar-refractivity contribution in [3.05, 3.63) is 29.8 Å². The smallest absolute Gasteiger partial charge is 0.227 e. The molecule has 1 fully saturated rings. The molecule has 0 saturated carbocycles. The highest BCUT2D eigenvalue weighted by Crippen LogP contribution is 2.16. The highest BCUT2D eigenvalue weighted by atomic mass is 16.5. The number of hydrogen-bond donors (Lipinski definition) is 1. The lowest BCUT2D eigenvalue weighted by Crippen LogP contribution is -2.52. The zero-order valence-electron chi connectivity index (χ0n) is 12.6. The van der Waals surface area contributed by atoms with Crippen molar-refractivity contribution in [1.29, 1.82) is 0 Å². The number of benzene rings is 1. The topological polar surface area (TPSA) is 59.0 Å². The molecule has 0 aromatic heterocycles. The van der Waals surface area contributed by atoms with Crippen LogP contribution in [0.3, 0.4) is 0 Å². The van der Waals surface area contributed by atoms with Crippen LogP contribution in [-0.4, -0.2) is 54.4 Å². The average Bonchev–Trinajstić information content (AvgIpc) is 2.50. The van der Waals surface area contributed by atoms with Crippen LogP contribution < -0.4 is 4.74 Å². The Kier molecular flexibility index (Phi) is 5.59. The van der Waals surface area contributed by atoms with Crippen LogP contribution in [0.25, 0.3) is 0 Å². The van der Waals surface area contributed by atoms with Gasteiger partial charge in [0, 0.05) is 6.54 Å². The van der Waals surface area contributed by atoms with E-state index < -0.39 is 0 Å². The molecule has 0 spiro atoms. The number of rotatable bonds is 5. The van der Waals surface area contributed by atoms with E-state index in [1.165, 1.54) is 0 Å². The zero-order valence-corrected chi connectivity index (χ0v) is 12.6. The molecule has 5 nitrogen and oxygen atoms in total. The summed E-state index contributed by atoms with van der Waals surface area (Å²) in [5.74, 6) is 0.877. The SMILES string of the molecule is CCOc1ccc(CC(=O)N2CC(CO)OCC2C)cc1. The van der Waals surface area contributed by atoms with Crippen molar-refractivity contribution in [2.75, 3.05) is 26.4 Å². The van der Waals surface area contributed by atoms with Crippen molar-refractivity contribution < 1.29 is 19.4 Å². The van der Waals surface area contributed by atoms with Gasteiger partial charge in [0.15, 0.2) is 0 Å². The number of ether oxygens (including phenoxy) is 2. The van der Waals surface area contributed by atoms with Crippen molar-refractivity contribution >= 4 is 5.91 Å². The number of hydrogen-bond acceptors (Lipinski definition) is 4. The van der Waals surface area contributed by atoms with Gasteiger partial charge in [0.25, 0.3) is 0 Å². The second-order valence-corrected chi connectivity index (χ2v) is 5.29. The molecule has 1 aliphatic heterocycles. The molecule has 0 aliphatic carbocycles. The van der Waals surface area contributed by atoms with Crippen LogP contribution in [0.4, 0.5) is 0 Å². The first-order chi connectivity index (χ1) is 10.1. The van der Waals surface area contributed by atoms with Crippen molar-refractivity contribution in [1.82, 2.24) is 4.90 Å². The summed E-state index contributed by atoms with van der Waals surface area (Å²) in [5.41, 5.74) is 0.961. The Morgan fingerprint density at radius 1 is 1.43 bits per heavy atom. The van der Waals surface area contributed by atoms with Crippen molar-refractivity contribution in [2.45, 2.75) is 32.4 Å². The fraction of sp³-hybridized carbons (Fsp3) is 0.562. The minimum absolute atomic E-state index is 0.0444. The molecule has 2 rings (SSSR count). The highest BCUT2D eigenvalue weighted by molar-refractivity contribution is 5.79. The molecule has 2 unspecified atom stereocenters. The number of aliphatic hydroxyl groups excluding tert-OH is 1. The van der Waals surface area contributed by atoms with Crippen LogP contribution in [0.15, 0.2) is 24.3 Å². The van der Waals surface area contributed by atoms with Crippen LogP contribution in [0.2, 0.25) is 0 Å². The molecule has 5 heteroatoms. The van der Waals surface area contributed by atoms with Gasteiger partial charge in [-0.3, -0.25) is 4.79 Å². The molecule has 1 heterocycles. The Bertz CT molecular complexity index is 460. The summed E-state index contributed by atoms with van der Waals surface area (Å²) in [6.07, 6.45) is 0.0833. The molecule has 1 amide bonds. The second kappa shape index (κ2) is 7.43. The van der Waals surface area contributed by atoms with Crippen LogP contribution in [0, 0.1) is 0 Å². The lowest BCUT2D eigenvalue weighted by atomic mass is 10.1. The van der Waals surface area contributed by atoms with E-state index in [2.05, 4.69) is 0 Å². The van der Waals surface area contributed by atoms with Crippen LogP contribution in [0.1, 0.15) is 19.4 Å². The third-order valence-corrected chi connectivity index (χ3v) is 3.62. The van der Waals surface area contributed by atoms with Gasteiger partial charge in [0.2, 0.25) is 5.91 Å². The van der Waals surface area contributed by atoms with Gasteiger partial charge in [0.05, 0.1) is 38.4 Å². The average molecular weight is 293 g/mol. The molecule has 2 atom stereocenters. The largest absolute Gasteiger partial charge is 0.494 e. The Morgan fingerprint density at radius 3 is 2.76 bits per heavy atom. The van der Waals surface area contributed by atoms with E-state index >= 15 is 0 Å². The summed E-state index contributed by atoms with van der Waals surface area (Å²) in [4.78, 5) is 14.2. The number of morpholine rings is 1. The van der Waals surface area contributed by atoms with Crippen molar-refractivity contribution in [3.63, 3.8) is 0 Å². The van der Waals surface area contributed by atoms with E-state index in [4.69, 9.17) is 9.47 Å². The van der Waals surface area contributed by atoms with Crippen molar-refractivity contribution in [3.8, 4) is 5.75 Å². The first-order valence-corrected chi connectivity index (χ1v) is 7.37. The first kappa shape index (κ1) is 15.8. The molecule has 116 valence electrons. The number of carbonyl (C=O) groups is 1. The maximum absolute atomic E-state index is 12.4. The second-order valence-electron chi connectivity index (χ2n) is 5.29. The predicted molar refractivity (Wildman–Crippen MR) is 79.3 cm³/mol. The van der Waals surface area contributed by atoms with E-state index in [1.807, 2.05) is 38.1 Å². The van der Waals surface area contributed by atoms with Gasteiger partial charge in [-0.25, -0.2) is 0 Å². The maximum atomic E-state index is 12.4. The molecule has 1 aliphatic rings. The summed E-state index contributed by atoms with van der Waals surface area (Å²) in [6.45, 7) is 5.40. The molecule has 1 aromatic carbocycles. The molecular formula is C16H23NO4. The van der Waals surface area contributed by atoms with Gasteiger partial charge in [-0.05, 0) is 31.5 Å². The highest BCUT2D eigenvalue weighted by Gasteiger charge is 2.29. The fourth-order valence-corrected chi connectivity index (χ4v) is 2.42. The van der Waals surface area contributed by atoms with Gasteiger partial charge in [-0.15, -0.1) is 0 Å². The van der Waals surface area contributed by atoms with Crippen molar-refractivity contribution in [2.24, 2.45) is 0 Å². The minimum Gasteiger partial charge on any atom is -0.494 e. The van der Waals surface area contributed by atoms with E-state index in [9.17, 15) is 9.90 Å². The van der Waals surface area contributed by atoms with E-state index in [0.717, 1.165) is 11.3 Å². The number of aliphatic hydroxyl groups is 1. The molecule has 0 radical (unpaired) electrons. The quantitative estimate of drug-likeness (QED) is 0.887. The minimum atomic E-state index is -0.273. The summed E-state index contributed by atoms with van der Waals surface area (Å²) < 4.78 is 10.8. The normalized spacial score (nSPS) is 22.1. The molecular weight excluding hydrogens is 270 g/mol.